The molecule has 2 aromatic rings. The van der Waals surface area contributed by atoms with Gasteiger partial charge in [-0.15, -0.1) is 0 Å². The minimum atomic E-state index is -0.419. The van der Waals surface area contributed by atoms with Crippen LogP contribution in [0, 0.1) is 5.92 Å². The lowest BCUT2D eigenvalue weighted by Crippen LogP contribution is -2.28. The highest BCUT2D eigenvalue weighted by Gasteiger charge is 2.36. The third-order valence-corrected chi connectivity index (χ3v) is 4.29. The van der Waals surface area contributed by atoms with E-state index < -0.39 is 5.92 Å². The monoisotopic (exact) mass is 348 g/mol. The van der Waals surface area contributed by atoms with Crippen LogP contribution in [-0.4, -0.2) is 18.4 Å². The van der Waals surface area contributed by atoms with E-state index in [-0.39, 0.29) is 24.8 Å². The molecule has 0 aliphatic carbocycles. The molecular weight excluding hydrogens is 335 g/mol. The predicted molar refractivity (Wildman–Crippen MR) is 92.0 cm³/mol. The lowest BCUT2D eigenvalue weighted by Gasteiger charge is -2.18. The van der Waals surface area contributed by atoms with Crippen molar-refractivity contribution >= 4 is 46.4 Å². The van der Waals surface area contributed by atoms with Crippen molar-refractivity contribution in [3.63, 3.8) is 0 Å². The molecule has 1 aliphatic rings. The van der Waals surface area contributed by atoms with Gasteiger partial charge in [-0.2, -0.15) is 0 Å². The van der Waals surface area contributed by atoms with E-state index in [0.717, 1.165) is 0 Å². The molecule has 2 aromatic carbocycles. The summed E-state index contributed by atoms with van der Waals surface area (Å²) < 4.78 is 0. The Bertz CT molecular complexity index is 750. The minimum Gasteiger partial charge on any atom is -0.326 e. The summed E-state index contributed by atoms with van der Waals surface area (Å²) in [4.78, 5) is 26.1. The van der Waals surface area contributed by atoms with Gasteiger partial charge in [-0.1, -0.05) is 41.4 Å². The number of rotatable bonds is 3. The maximum absolute atomic E-state index is 12.3. The van der Waals surface area contributed by atoms with Crippen molar-refractivity contribution in [2.75, 3.05) is 16.8 Å². The number of amides is 2. The number of nitrogens with zero attached hydrogens (tertiary/aromatic N) is 1. The van der Waals surface area contributed by atoms with E-state index in [0.29, 0.717) is 21.4 Å². The summed E-state index contributed by atoms with van der Waals surface area (Å²) in [5.74, 6) is -0.731. The average Bonchev–Trinajstić information content (AvgIpc) is 2.92. The molecule has 1 saturated heterocycles. The maximum Gasteiger partial charge on any atom is 0.229 e. The number of para-hydroxylation sites is 1. The number of hydrogen-bond acceptors (Lipinski definition) is 2. The number of halogens is 2. The van der Waals surface area contributed by atoms with Crippen LogP contribution >= 0.6 is 23.2 Å². The fourth-order valence-corrected chi connectivity index (χ4v) is 2.96. The van der Waals surface area contributed by atoms with Gasteiger partial charge in [0.1, 0.15) is 0 Å². The van der Waals surface area contributed by atoms with E-state index in [1.54, 1.807) is 30.3 Å². The van der Waals surface area contributed by atoms with Gasteiger partial charge in [0.15, 0.2) is 0 Å². The molecule has 1 fully saturated rings. The van der Waals surface area contributed by atoms with E-state index in [9.17, 15) is 9.59 Å². The molecule has 0 bridgehead atoms. The Balaban J connectivity index is 1.74. The van der Waals surface area contributed by atoms with Gasteiger partial charge in [0.05, 0.1) is 16.6 Å². The molecule has 4 nitrogen and oxygen atoms in total. The molecule has 118 valence electrons. The molecule has 1 N–H and O–H groups in total. The molecule has 1 atom stereocenters. The molecule has 6 heteroatoms. The summed E-state index contributed by atoms with van der Waals surface area (Å²) in [5.41, 5.74) is 1.25. The Hall–Kier alpha value is -2.04. The van der Waals surface area contributed by atoms with Gasteiger partial charge >= 0.3 is 0 Å². The van der Waals surface area contributed by atoms with Gasteiger partial charge in [-0.25, -0.2) is 0 Å². The molecule has 1 aliphatic heterocycles. The first-order valence-corrected chi connectivity index (χ1v) is 7.91. The molecule has 0 radical (unpaired) electrons. The number of hydrogen-bond donors (Lipinski definition) is 1. The van der Waals surface area contributed by atoms with Crippen LogP contribution in [0.4, 0.5) is 11.4 Å². The fourth-order valence-electron chi connectivity index (χ4n) is 2.57. The van der Waals surface area contributed by atoms with Gasteiger partial charge in [-0.3, -0.25) is 9.59 Å². The Morgan fingerprint density at radius 2 is 1.87 bits per heavy atom. The minimum absolute atomic E-state index is 0.137. The highest BCUT2D eigenvalue weighted by Crippen LogP contribution is 2.33. The molecule has 0 aromatic heterocycles. The number of carbonyl (C=O) groups is 2. The molecule has 0 saturated carbocycles. The summed E-state index contributed by atoms with van der Waals surface area (Å²) in [6, 6.07) is 14.1. The summed E-state index contributed by atoms with van der Waals surface area (Å²) in [6.45, 7) is 0.289. The number of anilines is 2. The second kappa shape index (κ2) is 6.60. The normalized spacial score (nSPS) is 17.4. The Morgan fingerprint density at radius 1 is 1.13 bits per heavy atom. The molecule has 2 amide bonds. The van der Waals surface area contributed by atoms with Gasteiger partial charge in [0, 0.05) is 23.7 Å². The van der Waals surface area contributed by atoms with Crippen LogP contribution in [0.2, 0.25) is 10.0 Å². The van der Waals surface area contributed by atoms with Gasteiger partial charge in [-0.05, 0) is 30.3 Å². The zero-order chi connectivity index (χ0) is 16.4. The zero-order valence-corrected chi connectivity index (χ0v) is 13.6. The number of benzene rings is 2. The number of nitrogens with one attached hydrogen (secondary N) is 1. The van der Waals surface area contributed by atoms with Gasteiger partial charge in [0.2, 0.25) is 11.8 Å². The molecule has 0 spiro atoms. The van der Waals surface area contributed by atoms with Crippen molar-refractivity contribution in [1.82, 2.24) is 0 Å². The third kappa shape index (κ3) is 3.49. The molecule has 0 unspecified atom stereocenters. The van der Waals surface area contributed by atoms with Crippen molar-refractivity contribution in [2.45, 2.75) is 6.42 Å². The highest BCUT2D eigenvalue weighted by atomic mass is 35.5. The summed E-state index contributed by atoms with van der Waals surface area (Å²) in [7, 11) is 0. The molecule has 1 heterocycles. The highest BCUT2D eigenvalue weighted by molar-refractivity contribution is 6.36. The van der Waals surface area contributed by atoms with Gasteiger partial charge in [0.25, 0.3) is 0 Å². The van der Waals surface area contributed by atoms with Crippen molar-refractivity contribution in [3.05, 3.63) is 58.6 Å². The SMILES string of the molecule is O=C(Nc1ccccc1)[C@H]1CC(=O)N(c2cc(Cl)ccc2Cl)C1. The smallest absolute Gasteiger partial charge is 0.229 e. The van der Waals surface area contributed by atoms with E-state index in [4.69, 9.17) is 23.2 Å². The second-order valence-electron chi connectivity index (χ2n) is 5.36. The van der Waals surface area contributed by atoms with Crippen LogP contribution in [0.3, 0.4) is 0 Å². The third-order valence-electron chi connectivity index (χ3n) is 3.74. The van der Waals surface area contributed by atoms with Gasteiger partial charge < -0.3 is 10.2 Å². The van der Waals surface area contributed by atoms with Crippen molar-refractivity contribution in [1.29, 1.82) is 0 Å². The molecule has 23 heavy (non-hydrogen) atoms. The summed E-state index contributed by atoms with van der Waals surface area (Å²) in [5, 5.41) is 3.76. The van der Waals surface area contributed by atoms with Crippen LogP contribution in [0.1, 0.15) is 6.42 Å². The fraction of sp³-hybridized carbons (Fsp3) is 0.176. The van der Waals surface area contributed by atoms with Crippen molar-refractivity contribution in [3.8, 4) is 0 Å². The lowest BCUT2D eigenvalue weighted by molar-refractivity contribution is -0.122. The first-order valence-electron chi connectivity index (χ1n) is 7.16. The maximum atomic E-state index is 12.3. The number of carbonyl (C=O) groups excluding carboxylic acids is 2. The molecular formula is C17H14Cl2N2O2. The van der Waals surface area contributed by atoms with E-state index in [2.05, 4.69) is 5.32 Å². The standard InChI is InChI=1S/C17H14Cl2N2O2/c18-12-6-7-14(19)15(9-12)21-10-11(8-16(21)22)17(23)20-13-4-2-1-3-5-13/h1-7,9,11H,8,10H2,(H,20,23)/t11-/m0/s1. The summed E-state index contributed by atoms with van der Waals surface area (Å²) in [6.07, 6.45) is 0.154. The Morgan fingerprint density at radius 3 is 2.61 bits per heavy atom. The van der Waals surface area contributed by atoms with Crippen LogP contribution in [0.5, 0.6) is 0 Å². The second-order valence-corrected chi connectivity index (χ2v) is 6.20. The van der Waals surface area contributed by atoms with Crippen LogP contribution < -0.4 is 10.2 Å². The predicted octanol–water partition coefficient (Wildman–Crippen LogP) is 3.99. The quantitative estimate of drug-likeness (QED) is 0.911. The van der Waals surface area contributed by atoms with Crippen LogP contribution in [0.15, 0.2) is 48.5 Å². The van der Waals surface area contributed by atoms with Crippen molar-refractivity contribution < 1.29 is 9.59 Å². The van der Waals surface area contributed by atoms with Crippen LogP contribution in [0.25, 0.3) is 0 Å². The van der Waals surface area contributed by atoms with E-state index in [1.165, 1.54) is 4.90 Å². The van der Waals surface area contributed by atoms with Crippen LogP contribution in [-0.2, 0) is 9.59 Å². The Labute approximate surface area is 144 Å². The Kier molecular flexibility index (Phi) is 4.55. The first-order chi connectivity index (χ1) is 11.0. The average molecular weight is 349 g/mol. The molecule has 3 rings (SSSR count). The van der Waals surface area contributed by atoms with E-state index in [1.807, 2.05) is 18.2 Å². The summed E-state index contributed by atoms with van der Waals surface area (Å²) >= 11 is 12.1. The first kappa shape index (κ1) is 15.8. The topological polar surface area (TPSA) is 49.4 Å². The lowest BCUT2D eigenvalue weighted by atomic mass is 10.1. The van der Waals surface area contributed by atoms with Crippen molar-refractivity contribution in [2.24, 2.45) is 5.92 Å². The van der Waals surface area contributed by atoms with E-state index >= 15 is 0 Å². The zero-order valence-electron chi connectivity index (χ0n) is 12.1. The largest absolute Gasteiger partial charge is 0.326 e.